The summed E-state index contributed by atoms with van der Waals surface area (Å²) in [6.07, 6.45) is 1.76. The van der Waals surface area contributed by atoms with Crippen LogP contribution in [-0.2, 0) is 9.53 Å². The Morgan fingerprint density at radius 2 is 2.38 bits per heavy atom. The number of hydrogen-bond acceptors (Lipinski definition) is 5. The number of aryl methyl sites for hydroxylation is 1. The maximum Gasteiger partial charge on any atom is 0.281 e. The molecule has 2 heterocycles. The average Bonchev–Trinajstić information content (AvgIpc) is 3.17. The van der Waals surface area contributed by atoms with E-state index in [1.807, 2.05) is 5.38 Å². The van der Waals surface area contributed by atoms with Crippen molar-refractivity contribution in [2.75, 3.05) is 12.0 Å². The summed E-state index contributed by atoms with van der Waals surface area (Å²) >= 11 is 1.41. The number of rotatable bonds is 5. The molecule has 0 aliphatic heterocycles. The summed E-state index contributed by atoms with van der Waals surface area (Å²) in [6, 6.07) is 1.71. The normalized spacial score (nSPS) is 16.1. The van der Waals surface area contributed by atoms with Crippen LogP contribution in [0.4, 0.5) is 0 Å². The predicted molar refractivity (Wildman–Crippen MR) is 81.1 cm³/mol. The molecule has 0 aromatic carbocycles. The molecule has 1 N–H and O–H groups in total. The van der Waals surface area contributed by atoms with Crippen LogP contribution < -0.4 is 11.0 Å². The van der Waals surface area contributed by atoms with Crippen molar-refractivity contribution in [2.24, 2.45) is 5.92 Å². The van der Waals surface area contributed by atoms with E-state index < -0.39 is 6.10 Å². The van der Waals surface area contributed by atoms with Gasteiger partial charge in [-0.25, -0.2) is 9.66 Å². The van der Waals surface area contributed by atoms with Gasteiger partial charge < -0.3 is 4.74 Å². The van der Waals surface area contributed by atoms with Crippen LogP contribution in [0, 0.1) is 12.8 Å². The summed E-state index contributed by atoms with van der Waals surface area (Å²) in [6.45, 7) is 3.98. The summed E-state index contributed by atoms with van der Waals surface area (Å²) < 4.78 is 6.70. The first-order valence-corrected chi connectivity index (χ1v) is 7.83. The molecule has 1 saturated carbocycles. The molecule has 1 aliphatic carbocycles. The van der Waals surface area contributed by atoms with Gasteiger partial charge in [0.25, 0.3) is 11.5 Å². The van der Waals surface area contributed by atoms with E-state index in [9.17, 15) is 9.59 Å². The minimum Gasteiger partial charge on any atom is -0.368 e. The van der Waals surface area contributed by atoms with Crippen molar-refractivity contribution in [1.82, 2.24) is 9.66 Å². The Bertz CT molecular complexity index is 733. The van der Waals surface area contributed by atoms with Crippen LogP contribution in [0.2, 0.25) is 0 Å². The zero-order valence-corrected chi connectivity index (χ0v) is 12.8. The first-order valence-electron chi connectivity index (χ1n) is 6.95. The first kappa shape index (κ1) is 14.2. The Hall–Kier alpha value is -1.73. The fraction of sp³-hybridized carbons (Fsp3) is 0.500. The van der Waals surface area contributed by atoms with Gasteiger partial charge in [-0.15, -0.1) is 11.3 Å². The maximum atomic E-state index is 12.3. The number of amides is 1. The van der Waals surface area contributed by atoms with Crippen LogP contribution in [0.3, 0.4) is 0 Å². The molecule has 0 saturated heterocycles. The Morgan fingerprint density at radius 3 is 3.10 bits per heavy atom. The fourth-order valence-electron chi connectivity index (χ4n) is 1.99. The highest BCUT2D eigenvalue weighted by atomic mass is 32.1. The van der Waals surface area contributed by atoms with Crippen molar-refractivity contribution in [2.45, 2.75) is 32.8 Å². The number of carbonyl (C=O) groups is 1. The van der Waals surface area contributed by atoms with Gasteiger partial charge in [0.1, 0.15) is 16.8 Å². The molecule has 0 spiro atoms. The molecule has 2 aromatic rings. The van der Waals surface area contributed by atoms with Gasteiger partial charge in [-0.2, -0.15) is 0 Å². The van der Waals surface area contributed by atoms with E-state index in [4.69, 9.17) is 4.74 Å². The maximum absolute atomic E-state index is 12.3. The van der Waals surface area contributed by atoms with Gasteiger partial charge in [0.15, 0.2) is 0 Å². The highest BCUT2D eigenvalue weighted by Crippen LogP contribution is 2.29. The van der Waals surface area contributed by atoms with Gasteiger partial charge in [-0.3, -0.25) is 15.0 Å². The van der Waals surface area contributed by atoms with Crippen LogP contribution in [-0.4, -0.2) is 28.3 Å². The topological polar surface area (TPSA) is 73.2 Å². The number of aromatic nitrogens is 2. The highest BCUT2D eigenvalue weighted by Gasteiger charge is 2.24. The van der Waals surface area contributed by atoms with Crippen molar-refractivity contribution < 1.29 is 9.53 Å². The number of thiophene rings is 1. The van der Waals surface area contributed by atoms with Crippen molar-refractivity contribution in [3.8, 4) is 0 Å². The van der Waals surface area contributed by atoms with Crippen molar-refractivity contribution in [3.63, 3.8) is 0 Å². The summed E-state index contributed by atoms with van der Waals surface area (Å²) in [5.41, 5.74) is 2.32. The van der Waals surface area contributed by atoms with Gasteiger partial charge in [0.2, 0.25) is 0 Å². The number of fused-ring (bicyclic) bond motifs is 1. The first-order chi connectivity index (χ1) is 10.1. The molecule has 1 amide bonds. The standard InChI is InChI=1S/C14H17N3O3S/c1-8(20-7-10-3-4-10)12(18)16-17-9(2)15-13-11(14(17)19)5-6-21-13/h5-6,8,10H,3-4,7H2,1-2H3,(H,16,18)/t8-/m0/s1. The van der Waals surface area contributed by atoms with Crippen molar-refractivity contribution in [1.29, 1.82) is 0 Å². The summed E-state index contributed by atoms with van der Waals surface area (Å²) in [7, 11) is 0. The van der Waals surface area contributed by atoms with Crippen LogP contribution >= 0.6 is 11.3 Å². The molecule has 0 bridgehead atoms. The molecule has 7 heteroatoms. The monoisotopic (exact) mass is 307 g/mol. The average molecular weight is 307 g/mol. The second kappa shape index (κ2) is 5.57. The summed E-state index contributed by atoms with van der Waals surface area (Å²) in [5.74, 6) is 0.712. The Morgan fingerprint density at radius 1 is 1.62 bits per heavy atom. The van der Waals surface area contributed by atoms with Gasteiger partial charge in [0, 0.05) is 0 Å². The largest absolute Gasteiger partial charge is 0.368 e. The number of carbonyl (C=O) groups excluding carboxylic acids is 1. The number of nitrogens with one attached hydrogen (secondary N) is 1. The number of nitrogens with zero attached hydrogens (tertiary/aromatic N) is 2. The summed E-state index contributed by atoms with van der Waals surface area (Å²) in [5, 5.41) is 2.32. The molecule has 0 radical (unpaired) electrons. The molecule has 3 rings (SSSR count). The van der Waals surface area contributed by atoms with E-state index >= 15 is 0 Å². The molecular formula is C14H17N3O3S. The number of hydrogen-bond donors (Lipinski definition) is 1. The Kier molecular flexibility index (Phi) is 3.77. The number of ether oxygens (including phenoxy) is 1. The highest BCUT2D eigenvalue weighted by molar-refractivity contribution is 7.16. The van der Waals surface area contributed by atoms with E-state index in [2.05, 4.69) is 10.4 Å². The molecule has 0 unspecified atom stereocenters. The second-order valence-corrected chi connectivity index (χ2v) is 6.23. The molecule has 2 aromatic heterocycles. The van der Waals surface area contributed by atoms with E-state index in [1.165, 1.54) is 28.9 Å². The van der Waals surface area contributed by atoms with Crippen molar-refractivity contribution in [3.05, 3.63) is 27.6 Å². The third-order valence-electron chi connectivity index (χ3n) is 3.54. The quantitative estimate of drug-likeness (QED) is 0.911. The Balaban J connectivity index is 1.76. The van der Waals surface area contributed by atoms with E-state index in [-0.39, 0.29) is 11.5 Å². The zero-order valence-electron chi connectivity index (χ0n) is 12.0. The molecule has 21 heavy (non-hydrogen) atoms. The molecular weight excluding hydrogens is 290 g/mol. The third kappa shape index (κ3) is 2.98. The lowest BCUT2D eigenvalue weighted by Crippen LogP contribution is -2.40. The van der Waals surface area contributed by atoms with Crippen LogP contribution in [0.25, 0.3) is 10.2 Å². The molecule has 1 atom stereocenters. The van der Waals surface area contributed by atoms with Gasteiger partial charge in [0.05, 0.1) is 12.0 Å². The lowest BCUT2D eigenvalue weighted by Gasteiger charge is -2.15. The van der Waals surface area contributed by atoms with Gasteiger partial charge >= 0.3 is 0 Å². The minimum absolute atomic E-state index is 0.263. The lowest BCUT2D eigenvalue weighted by atomic mass is 10.3. The lowest BCUT2D eigenvalue weighted by molar-refractivity contribution is -0.127. The van der Waals surface area contributed by atoms with Crippen LogP contribution in [0.1, 0.15) is 25.6 Å². The van der Waals surface area contributed by atoms with Gasteiger partial charge in [-0.05, 0) is 44.1 Å². The van der Waals surface area contributed by atoms with Crippen LogP contribution in [0.15, 0.2) is 16.2 Å². The third-order valence-corrected chi connectivity index (χ3v) is 4.34. The smallest absolute Gasteiger partial charge is 0.281 e. The van der Waals surface area contributed by atoms with Gasteiger partial charge in [-0.1, -0.05) is 0 Å². The fourth-order valence-corrected chi connectivity index (χ4v) is 2.79. The second-order valence-electron chi connectivity index (χ2n) is 5.33. The molecule has 112 valence electrons. The van der Waals surface area contributed by atoms with E-state index in [0.29, 0.717) is 28.6 Å². The van der Waals surface area contributed by atoms with E-state index in [1.54, 1.807) is 19.9 Å². The molecule has 6 nitrogen and oxygen atoms in total. The SMILES string of the molecule is Cc1nc2sccc2c(=O)n1NC(=O)[C@H](C)OCC1CC1. The van der Waals surface area contributed by atoms with Crippen molar-refractivity contribution >= 4 is 27.5 Å². The van der Waals surface area contributed by atoms with Crippen LogP contribution in [0.5, 0.6) is 0 Å². The molecule has 1 fully saturated rings. The summed E-state index contributed by atoms with van der Waals surface area (Å²) in [4.78, 5) is 29.4. The predicted octanol–water partition coefficient (Wildman–Crippen LogP) is 1.65. The molecule has 1 aliphatic rings. The van der Waals surface area contributed by atoms with E-state index in [0.717, 1.165) is 0 Å². The minimum atomic E-state index is -0.588. The zero-order chi connectivity index (χ0) is 15.0. The Labute approximate surface area is 125 Å².